The Morgan fingerprint density at radius 3 is 2.60 bits per heavy atom. The van der Waals surface area contributed by atoms with Crippen LogP contribution >= 0.6 is 11.6 Å². The van der Waals surface area contributed by atoms with Crippen LogP contribution in [0.2, 0.25) is 5.15 Å². The zero-order chi connectivity index (χ0) is 13.9. The lowest BCUT2D eigenvalue weighted by molar-refractivity contribution is 0.294. The predicted octanol–water partition coefficient (Wildman–Crippen LogP) is 4.17. The van der Waals surface area contributed by atoms with Gasteiger partial charge in [-0.15, -0.1) is 10.2 Å². The van der Waals surface area contributed by atoms with E-state index in [0.717, 1.165) is 21.9 Å². The highest BCUT2D eigenvalue weighted by molar-refractivity contribution is 6.34. The van der Waals surface area contributed by atoms with E-state index in [0.29, 0.717) is 17.6 Å². The van der Waals surface area contributed by atoms with Gasteiger partial charge in [0.15, 0.2) is 5.15 Å². The average molecular weight is 285 g/mol. The van der Waals surface area contributed by atoms with Crippen molar-refractivity contribution in [3.63, 3.8) is 0 Å². The molecule has 0 fully saturated rings. The lowest BCUT2D eigenvalue weighted by atomic mass is 10.1. The first-order chi connectivity index (χ1) is 9.74. The van der Waals surface area contributed by atoms with Crippen molar-refractivity contribution in [1.82, 2.24) is 10.2 Å². The van der Waals surface area contributed by atoms with Gasteiger partial charge in [-0.3, -0.25) is 0 Å². The van der Waals surface area contributed by atoms with Crippen LogP contribution in [0.25, 0.3) is 10.8 Å². The van der Waals surface area contributed by atoms with E-state index in [-0.39, 0.29) is 0 Å². The van der Waals surface area contributed by atoms with Crippen molar-refractivity contribution >= 4 is 22.4 Å². The third kappa shape index (κ3) is 2.58. The quantitative estimate of drug-likeness (QED) is 0.724. The molecule has 0 unspecified atom stereocenters. The first kappa shape index (κ1) is 12.9. The molecule has 1 heterocycles. The molecule has 0 N–H and O–H groups in total. The van der Waals surface area contributed by atoms with Crippen molar-refractivity contribution < 1.29 is 4.74 Å². The van der Waals surface area contributed by atoms with Crippen LogP contribution in [0.5, 0.6) is 5.88 Å². The zero-order valence-electron chi connectivity index (χ0n) is 11.0. The second-order valence-electron chi connectivity index (χ2n) is 4.62. The number of ether oxygens (including phenoxy) is 1. The molecule has 4 heteroatoms. The standard InChI is InChI=1S/C16H13ClN2O/c1-11-7-8-13-14(9-11)15(17)18-19-16(13)20-10-12-5-3-2-4-6-12/h2-9H,10H2,1H3. The smallest absolute Gasteiger partial charge is 0.241 e. The topological polar surface area (TPSA) is 35.0 Å². The van der Waals surface area contributed by atoms with Crippen molar-refractivity contribution in [2.24, 2.45) is 0 Å². The largest absolute Gasteiger partial charge is 0.471 e. The van der Waals surface area contributed by atoms with E-state index in [1.165, 1.54) is 0 Å². The summed E-state index contributed by atoms with van der Waals surface area (Å²) in [7, 11) is 0. The molecular formula is C16H13ClN2O. The second-order valence-corrected chi connectivity index (χ2v) is 4.98. The van der Waals surface area contributed by atoms with Crippen LogP contribution in [0.1, 0.15) is 11.1 Å². The molecular weight excluding hydrogens is 272 g/mol. The number of aromatic nitrogens is 2. The van der Waals surface area contributed by atoms with Crippen LogP contribution in [-0.4, -0.2) is 10.2 Å². The molecule has 3 aromatic rings. The monoisotopic (exact) mass is 284 g/mol. The zero-order valence-corrected chi connectivity index (χ0v) is 11.8. The highest BCUT2D eigenvalue weighted by Gasteiger charge is 2.09. The van der Waals surface area contributed by atoms with Gasteiger partial charge in [0.25, 0.3) is 0 Å². The maximum atomic E-state index is 6.09. The summed E-state index contributed by atoms with van der Waals surface area (Å²) in [5.41, 5.74) is 2.21. The van der Waals surface area contributed by atoms with Gasteiger partial charge in [-0.25, -0.2) is 0 Å². The Labute approximate surface area is 122 Å². The molecule has 0 saturated heterocycles. The number of aryl methyl sites for hydroxylation is 1. The van der Waals surface area contributed by atoms with E-state index >= 15 is 0 Å². The predicted molar refractivity (Wildman–Crippen MR) is 80.1 cm³/mol. The summed E-state index contributed by atoms with van der Waals surface area (Å²) in [4.78, 5) is 0. The molecule has 2 aromatic carbocycles. The van der Waals surface area contributed by atoms with Gasteiger partial charge in [-0.1, -0.05) is 53.6 Å². The molecule has 0 radical (unpaired) electrons. The highest BCUT2D eigenvalue weighted by Crippen LogP contribution is 2.28. The fourth-order valence-corrected chi connectivity index (χ4v) is 2.24. The fraction of sp³-hybridized carbons (Fsp3) is 0.125. The molecule has 0 spiro atoms. The van der Waals surface area contributed by atoms with Gasteiger partial charge in [-0.05, 0) is 24.6 Å². The molecule has 0 saturated carbocycles. The Morgan fingerprint density at radius 1 is 1.00 bits per heavy atom. The number of fused-ring (bicyclic) bond motifs is 1. The minimum atomic E-state index is 0.399. The van der Waals surface area contributed by atoms with Gasteiger partial charge in [0, 0.05) is 10.8 Å². The van der Waals surface area contributed by atoms with E-state index in [1.54, 1.807) is 0 Å². The van der Waals surface area contributed by atoms with Crippen molar-refractivity contribution in [2.75, 3.05) is 0 Å². The maximum Gasteiger partial charge on any atom is 0.241 e. The molecule has 3 nitrogen and oxygen atoms in total. The first-order valence-corrected chi connectivity index (χ1v) is 6.71. The molecule has 0 atom stereocenters. The summed E-state index contributed by atoms with van der Waals surface area (Å²) in [5.74, 6) is 0.508. The molecule has 0 amide bonds. The van der Waals surface area contributed by atoms with Crippen LogP contribution in [0, 0.1) is 6.92 Å². The minimum absolute atomic E-state index is 0.399. The van der Waals surface area contributed by atoms with E-state index in [1.807, 2.05) is 55.5 Å². The van der Waals surface area contributed by atoms with Crippen molar-refractivity contribution in [1.29, 1.82) is 0 Å². The van der Waals surface area contributed by atoms with Crippen molar-refractivity contribution in [3.05, 3.63) is 64.8 Å². The molecule has 0 aliphatic rings. The molecule has 0 aliphatic heterocycles. The van der Waals surface area contributed by atoms with E-state index in [4.69, 9.17) is 16.3 Å². The first-order valence-electron chi connectivity index (χ1n) is 6.33. The Hall–Kier alpha value is -2.13. The SMILES string of the molecule is Cc1ccc2c(OCc3ccccc3)nnc(Cl)c2c1. The number of nitrogens with zero attached hydrogens (tertiary/aromatic N) is 2. The Kier molecular flexibility index (Phi) is 3.52. The molecule has 20 heavy (non-hydrogen) atoms. The lowest BCUT2D eigenvalue weighted by Gasteiger charge is -2.09. The Balaban J connectivity index is 1.94. The van der Waals surface area contributed by atoms with E-state index < -0.39 is 0 Å². The Morgan fingerprint density at radius 2 is 1.80 bits per heavy atom. The number of halogens is 1. The van der Waals surface area contributed by atoms with Gasteiger partial charge < -0.3 is 4.74 Å². The Bertz CT molecular complexity index is 744. The van der Waals surface area contributed by atoms with Crippen molar-refractivity contribution in [3.8, 4) is 5.88 Å². The number of hydrogen-bond donors (Lipinski definition) is 0. The summed E-state index contributed by atoms with van der Waals surface area (Å²) in [6, 6.07) is 15.9. The van der Waals surface area contributed by atoms with E-state index in [9.17, 15) is 0 Å². The highest BCUT2D eigenvalue weighted by atomic mass is 35.5. The average Bonchev–Trinajstić information content (AvgIpc) is 2.48. The summed E-state index contributed by atoms with van der Waals surface area (Å²) < 4.78 is 5.77. The van der Waals surface area contributed by atoms with Gasteiger partial charge >= 0.3 is 0 Å². The van der Waals surface area contributed by atoms with Crippen molar-refractivity contribution in [2.45, 2.75) is 13.5 Å². The number of rotatable bonds is 3. The molecule has 1 aromatic heterocycles. The normalized spacial score (nSPS) is 10.7. The van der Waals surface area contributed by atoms with E-state index in [2.05, 4.69) is 10.2 Å². The maximum absolute atomic E-state index is 6.09. The minimum Gasteiger partial charge on any atom is -0.471 e. The molecule has 0 bridgehead atoms. The van der Waals surface area contributed by atoms with Crippen LogP contribution in [0.4, 0.5) is 0 Å². The fourth-order valence-electron chi connectivity index (χ4n) is 2.04. The summed E-state index contributed by atoms with van der Waals surface area (Å²) in [6.07, 6.45) is 0. The van der Waals surface area contributed by atoms with Gasteiger partial charge in [0.05, 0.1) is 0 Å². The third-order valence-corrected chi connectivity index (χ3v) is 3.35. The van der Waals surface area contributed by atoms with Gasteiger partial charge in [0.1, 0.15) is 6.61 Å². The second kappa shape index (κ2) is 5.47. The molecule has 100 valence electrons. The third-order valence-electron chi connectivity index (χ3n) is 3.07. The lowest BCUT2D eigenvalue weighted by Crippen LogP contribution is -1.99. The van der Waals surface area contributed by atoms with Crippen LogP contribution in [0.15, 0.2) is 48.5 Å². The summed E-state index contributed by atoms with van der Waals surface area (Å²) in [5, 5.41) is 10.1. The van der Waals surface area contributed by atoms with Gasteiger partial charge in [-0.2, -0.15) is 0 Å². The van der Waals surface area contributed by atoms with Crippen LogP contribution in [0.3, 0.4) is 0 Å². The number of benzene rings is 2. The van der Waals surface area contributed by atoms with Crippen LogP contribution < -0.4 is 4.74 Å². The summed E-state index contributed by atoms with van der Waals surface area (Å²) in [6.45, 7) is 2.47. The number of hydrogen-bond acceptors (Lipinski definition) is 3. The molecule has 0 aliphatic carbocycles. The summed E-state index contributed by atoms with van der Waals surface area (Å²) >= 11 is 6.09. The van der Waals surface area contributed by atoms with Gasteiger partial charge in [0.2, 0.25) is 5.88 Å². The molecule has 3 rings (SSSR count). The van der Waals surface area contributed by atoms with Crippen LogP contribution in [-0.2, 0) is 6.61 Å².